The zero-order valence-corrected chi connectivity index (χ0v) is 16.4. The number of thiophene rings is 1. The molecule has 28 heavy (non-hydrogen) atoms. The number of benzene rings is 1. The smallest absolute Gasteiger partial charge is 0.346 e. The monoisotopic (exact) mass is 401 g/mol. The van der Waals surface area contributed by atoms with Gasteiger partial charge in [0.2, 0.25) is 5.91 Å². The zero-order chi connectivity index (χ0) is 20.6. The van der Waals surface area contributed by atoms with E-state index in [1.807, 2.05) is 12.1 Å². The van der Waals surface area contributed by atoms with Crippen molar-refractivity contribution in [3.8, 4) is 5.75 Å². The fraction of sp³-hybridized carbons (Fsp3) is 0.263. The molecule has 0 aliphatic heterocycles. The Morgan fingerprint density at radius 1 is 1.32 bits per heavy atom. The second-order valence-corrected chi connectivity index (χ2v) is 7.35. The summed E-state index contributed by atoms with van der Waals surface area (Å²) >= 11 is 0.946. The van der Waals surface area contributed by atoms with E-state index in [1.54, 1.807) is 26.2 Å². The van der Waals surface area contributed by atoms with Crippen molar-refractivity contribution in [1.29, 1.82) is 0 Å². The Balaban J connectivity index is 2.23. The standard InChI is InChI=1S/C19H19N3O5S/c1-9-14-17(28-15(9)19(25)26)21-13(22(18(14)24)10(2)16(20)23)8-11-4-6-12(27-3)7-5-11/h4-7,10H,8H2,1-3H3,(H2,20,23)(H,25,26). The van der Waals surface area contributed by atoms with Gasteiger partial charge < -0.3 is 15.6 Å². The third kappa shape index (κ3) is 3.36. The molecule has 0 radical (unpaired) electrons. The fourth-order valence-electron chi connectivity index (χ4n) is 3.02. The van der Waals surface area contributed by atoms with Crippen molar-refractivity contribution in [2.75, 3.05) is 7.11 Å². The van der Waals surface area contributed by atoms with Crippen LogP contribution in [0.1, 0.15) is 39.6 Å². The highest BCUT2D eigenvalue weighted by Gasteiger charge is 2.24. The number of nitrogens with two attached hydrogens (primary N) is 1. The quantitative estimate of drug-likeness (QED) is 0.652. The number of hydrogen-bond donors (Lipinski definition) is 2. The van der Waals surface area contributed by atoms with Gasteiger partial charge in [-0.25, -0.2) is 9.78 Å². The SMILES string of the molecule is COc1ccc(Cc2nc3sc(C(=O)O)c(C)c3c(=O)n2C(C)C(N)=O)cc1. The lowest BCUT2D eigenvalue weighted by molar-refractivity contribution is -0.120. The van der Waals surface area contributed by atoms with Crippen molar-refractivity contribution in [3.63, 3.8) is 0 Å². The number of amides is 1. The summed E-state index contributed by atoms with van der Waals surface area (Å²) < 4.78 is 6.39. The molecule has 0 saturated heterocycles. The van der Waals surface area contributed by atoms with Crippen LogP contribution in [0.4, 0.5) is 0 Å². The number of carboxylic acids is 1. The molecule has 0 bridgehead atoms. The molecule has 2 aromatic heterocycles. The van der Waals surface area contributed by atoms with Crippen LogP contribution in [0.15, 0.2) is 29.1 Å². The van der Waals surface area contributed by atoms with Crippen molar-refractivity contribution >= 4 is 33.4 Å². The second kappa shape index (κ2) is 7.43. The predicted molar refractivity (Wildman–Crippen MR) is 105 cm³/mol. The molecule has 3 rings (SSSR count). The number of primary amides is 1. The molecule has 3 N–H and O–H groups in total. The van der Waals surface area contributed by atoms with Crippen LogP contribution in [0, 0.1) is 6.92 Å². The van der Waals surface area contributed by atoms with Gasteiger partial charge in [0.25, 0.3) is 5.56 Å². The van der Waals surface area contributed by atoms with E-state index in [2.05, 4.69) is 4.98 Å². The van der Waals surface area contributed by atoms with Crippen LogP contribution in [0.3, 0.4) is 0 Å². The van der Waals surface area contributed by atoms with Gasteiger partial charge in [-0.2, -0.15) is 0 Å². The lowest BCUT2D eigenvalue weighted by Gasteiger charge is -2.17. The molecule has 0 fully saturated rings. The number of carboxylic acid groups (broad SMARTS) is 1. The highest BCUT2D eigenvalue weighted by atomic mass is 32.1. The van der Waals surface area contributed by atoms with Gasteiger partial charge >= 0.3 is 5.97 Å². The molecule has 8 nitrogen and oxygen atoms in total. The van der Waals surface area contributed by atoms with E-state index in [0.29, 0.717) is 22.0 Å². The summed E-state index contributed by atoms with van der Waals surface area (Å²) in [6.07, 6.45) is 0.270. The number of carbonyl (C=O) groups is 2. The Hall–Kier alpha value is -3.20. The summed E-state index contributed by atoms with van der Waals surface area (Å²) in [4.78, 5) is 41.3. The topological polar surface area (TPSA) is 125 Å². The minimum absolute atomic E-state index is 0.0551. The van der Waals surface area contributed by atoms with Gasteiger partial charge in [0.1, 0.15) is 27.3 Å². The van der Waals surface area contributed by atoms with Crippen LogP contribution >= 0.6 is 11.3 Å². The van der Waals surface area contributed by atoms with Gasteiger partial charge in [-0.15, -0.1) is 11.3 Å². The zero-order valence-electron chi connectivity index (χ0n) is 15.6. The summed E-state index contributed by atoms with van der Waals surface area (Å²) in [5.74, 6) is -0.765. The molecule has 3 aromatic rings. The molecule has 2 heterocycles. The first kappa shape index (κ1) is 19.6. The van der Waals surface area contributed by atoms with Crippen LogP contribution in [0.25, 0.3) is 10.2 Å². The molecule has 146 valence electrons. The van der Waals surface area contributed by atoms with Gasteiger partial charge in [0, 0.05) is 6.42 Å². The van der Waals surface area contributed by atoms with Gasteiger partial charge in [0.05, 0.1) is 12.5 Å². The van der Waals surface area contributed by atoms with E-state index in [1.165, 1.54) is 11.5 Å². The number of ether oxygens (including phenoxy) is 1. The van der Waals surface area contributed by atoms with Crippen LogP contribution in [-0.4, -0.2) is 33.6 Å². The molecule has 0 saturated carbocycles. The molecule has 1 aromatic carbocycles. The minimum Gasteiger partial charge on any atom is -0.497 e. The van der Waals surface area contributed by atoms with Crippen molar-refractivity contribution in [1.82, 2.24) is 9.55 Å². The Labute approximate surface area is 164 Å². The number of nitrogens with zero attached hydrogens (tertiary/aromatic N) is 2. The Morgan fingerprint density at radius 2 is 1.96 bits per heavy atom. The maximum atomic E-state index is 13.2. The molecule has 1 amide bonds. The normalized spacial score (nSPS) is 12.1. The molecular formula is C19H19N3O5S. The largest absolute Gasteiger partial charge is 0.497 e. The van der Waals surface area contributed by atoms with Gasteiger partial charge in [-0.1, -0.05) is 12.1 Å². The van der Waals surface area contributed by atoms with Gasteiger partial charge in [-0.05, 0) is 37.1 Å². The first-order valence-electron chi connectivity index (χ1n) is 8.44. The summed E-state index contributed by atoms with van der Waals surface area (Å²) in [5, 5.41) is 9.57. The third-order valence-electron chi connectivity index (χ3n) is 4.58. The van der Waals surface area contributed by atoms with Crippen molar-refractivity contribution in [2.45, 2.75) is 26.3 Å². The van der Waals surface area contributed by atoms with E-state index in [-0.39, 0.29) is 16.7 Å². The molecule has 9 heteroatoms. The number of aromatic carboxylic acids is 1. The van der Waals surface area contributed by atoms with Crippen molar-refractivity contribution in [3.05, 3.63) is 56.4 Å². The number of methoxy groups -OCH3 is 1. The lowest BCUT2D eigenvalue weighted by atomic mass is 10.1. The van der Waals surface area contributed by atoms with Crippen molar-refractivity contribution in [2.24, 2.45) is 5.73 Å². The maximum absolute atomic E-state index is 13.2. The predicted octanol–water partition coefficient (Wildman–Crippen LogP) is 2.11. The molecule has 1 unspecified atom stereocenters. The Morgan fingerprint density at radius 3 is 2.50 bits per heavy atom. The summed E-state index contributed by atoms with van der Waals surface area (Å²) in [7, 11) is 1.57. The number of fused-ring (bicyclic) bond motifs is 1. The van der Waals surface area contributed by atoms with E-state index >= 15 is 0 Å². The number of aromatic nitrogens is 2. The second-order valence-electron chi connectivity index (χ2n) is 6.35. The Kier molecular flexibility index (Phi) is 5.19. The number of hydrogen-bond acceptors (Lipinski definition) is 6. The molecule has 1 atom stereocenters. The first-order valence-corrected chi connectivity index (χ1v) is 9.26. The number of rotatable bonds is 6. The number of carbonyl (C=O) groups excluding carboxylic acids is 1. The van der Waals surface area contributed by atoms with Crippen LogP contribution in [-0.2, 0) is 11.2 Å². The summed E-state index contributed by atoms with van der Waals surface area (Å²) in [6, 6.07) is 6.30. The van der Waals surface area contributed by atoms with Crippen LogP contribution in [0.5, 0.6) is 5.75 Å². The molecule has 0 aliphatic rings. The van der Waals surface area contributed by atoms with E-state index in [0.717, 1.165) is 16.9 Å². The molecular weight excluding hydrogens is 382 g/mol. The third-order valence-corrected chi connectivity index (χ3v) is 5.76. The lowest BCUT2D eigenvalue weighted by Crippen LogP contribution is -2.35. The van der Waals surface area contributed by atoms with E-state index in [9.17, 15) is 19.5 Å². The highest BCUT2D eigenvalue weighted by Crippen LogP contribution is 2.28. The van der Waals surface area contributed by atoms with E-state index in [4.69, 9.17) is 10.5 Å². The average molecular weight is 401 g/mol. The van der Waals surface area contributed by atoms with Crippen molar-refractivity contribution < 1.29 is 19.4 Å². The summed E-state index contributed by atoms with van der Waals surface area (Å²) in [5.41, 5.74) is 6.16. The van der Waals surface area contributed by atoms with E-state index < -0.39 is 23.5 Å². The molecule has 0 spiro atoms. The maximum Gasteiger partial charge on any atom is 0.346 e. The minimum atomic E-state index is -1.12. The van der Waals surface area contributed by atoms with Gasteiger partial charge in [-0.3, -0.25) is 14.2 Å². The average Bonchev–Trinajstić information content (AvgIpc) is 2.99. The van der Waals surface area contributed by atoms with Crippen LogP contribution < -0.4 is 16.0 Å². The molecule has 0 aliphatic carbocycles. The first-order chi connectivity index (χ1) is 13.2. The highest BCUT2D eigenvalue weighted by molar-refractivity contribution is 7.20. The number of aryl methyl sites for hydroxylation is 1. The Bertz CT molecular complexity index is 1130. The van der Waals surface area contributed by atoms with Gasteiger partial charge in [0.15, 0.2) is 0 Å². The summed E-state index contributed by atoms with van der Waals surface area (Å²) in [6.45, 7) is 3.09. The fourth-order valence-corrected chi connectivity index (χ4v) is 4.05. The van der Waals surface area contributed by atoms with Crippen LogP contribution in [0.2, 0.25) is 0 Å².